The lowest BCUT2D eigenvalue weighted by atomic mass is 10.5. The highest BCUT2D eigenvalue weighted by Crippen LogP contribution is 2.16. The van der Waals surface area contributed by atoms with E-state index in [1.165, 1.54) is 11.8 Å². The summed E-state index contributed by atoms with van der Waals surface area (Å²) in [5, 5.41) is 11.6. The third-order valence-corrected chi connectivity index (χ3v) is 3.16. The van der Waals surface area contributed by atoms with Crippen molar-refractivity contribution in [2.24, 2.45) is 5.73 Å². The number of nitrogens with zero attached hydrogens (tertiary/aromatic N) is 3. The second kappa shape index (κ2) is 7.29. The predicted octanol–water partition coefficient (Wildman–Crippen LogP) is 0.375. The van der Waals surface area contributed by atoms with Gasteiger partial charge in [0.1, 0.15) is 5.82 Å². The second-order valence-electron chi connectivity index (χ2n) is 3.49. The van der Waals surface area contributed by atoms with Crippen molar-refractivity contribution in [2.45, 2.75) is 38.5 Å². The smallest absolute Gasteiger partial charge is 0.230 e. The molecule has 1 rings (SSSR count). The van der Waals surface area contributed by atoms with Gasteiger partial charge in [-0.25, -0.2) is 0 Å². The van der Waals surface area contributed by atoms with Crippen molar-refractivity contribution in [1.82, 2.24) is 20.1 Å². The van der Waals surface area contributed by atoms with Gasteiger partial charge in [-0.2, -0.15) is 0 Å². The number of hydrogen-bond donors (Lipinski definition) is 2. The Morgan fingerprint density at radius 3 is 2.82 bits per heavy atom. The van der Waals surface area contributed by atoms with E-state index in [1.54, 1.807) is 0 Å². The van der Waals surface area contributed by atoms with Gasteiger partial charge in [0.15, 0.2) is 5.16 Å². The third-order valence-electron chi connectivity index (χ3n) is 2.20. The molecule has 0 aliphatic carbocycles. The van der Waals surface area contributed by atoms with E-state index in [-0.39, 0.29) is 5.91 Å². The fourth-order valence-corrected chi connectivity index (χ4v) is 2.19. The molecule has 0 radical (unpaired) electrons. The monoisotopic (exact) mass is 257 g/mol. The number of amides is 1. The van der Waals surface area contributed by atoms with Gasteiger partial charge in [-0.15, -0.1) is 10.2 Å². The zero-order valence-electron chi connectivity index (χ0n) is 10.3. The van der Waals surface area contributed by atoms with Crippen LogP contribution in [0.2, 0.25) is 0 Å². The second-order valence-corrected chi connectivity index (χ2v) is 4.43. The average Bonchev–Trinajstić information content (AvgIpc) is 2.75. The molecule has 17 heavy (non-hydrogen) atoms. The van der Waals surface area contributed by atoms with Gasteiger partial charge in [0.05, 0.1) is 12.3 Å². The Balaban J connectivity index is 2.51. The summed E-state index contributed by atoms with van der Waals surface area (Å²) in [5.41, 5.74) is 5.55. The fourth-order valence-electron chi connectivity index (χ4n) is 1.34. The number of aromatic nitrogens is 3. The molecular weight excluding hydrogens is 238 g/mol. The first-order valence-electron chi connectivity index (χ1n) is 5.74. The minimum atomic E-state index is 0.0248. The maximum absolute atomic E-state index is 11.4. The summed E-state index contributed by atoms with van der Waals surface area (Å²) in [7, 11) is 0. The topological polar surface area (TPSA) is 85.8 Å². The minimum absolute atomic E-state index is 0.0248. The molecule has 3 N–H and O–H groups in total. The van der Waals surface area contributed by atoms with Crippen LogP contribution in [0.25, 0.3) is 0 Å². The van der Waals surface area contributed by atoms with E-state index in [9.17, 15) is 4.79 Å². The molecule has 96 valence electrons. The van der Waals surface area contributed by atoms with Gasteiger partial charge in [-0.05, 0) is 13.3 Å². The van der Waals surface area contributed by atoms with Crippen LogP contribution in [0.4, 0.5) is 0 Å². The predicted molar refractivity (Wildman–Crippen MR) is 67.6 cm³/mol. The molecule has 1 heterocycles. The molecule has 0 bridgehead atoms. The Morgan fingerprint density at radius 1 is 1.47 bits per heavy atom. The maximum Gasteiger partial charge on any atom is 0.230 e. The van der Waals surface area contributed by atoms with E-state index in [0.717, 1.165) is 23.9 Å². The first-order chi connectivity index (χ1) is 8.22. The van der Waals surface area contributed by atoms with Crippen molar-refractivity contribution >= 4 is 17.7 Å². The Morgan fingerprint density at radius 2 is 2.24 bits per heavy atom. The standard InChI is InChI=1S/C10H19N5OS/c1-3-5-12-9(16)7-17-10-14-13-8(6-11)15(10)4-2/h3-7,11H2,1-2H3,(H,12,16). The van der Waals surface area contributed by atoms with Gasteiger partial charge in [0, 0.05) is 13.1 Å². The Hall–Kier alpha value is -1.08. The van der Waals surface area contributed by atoms with Crippen LogP contribution < -0.4 is 11.1 Å². The lowest BCUT2D eigenvalue weighted by molar-refractivity contribution is -0.118. The Bertz CT molecular complexity index is 366. The molecule has 6 nitrogen and oxygen atoms in total. The van der Waals surface area contributed by atoms with Crippen LogP contribution in [0, 0.1) is 0 Å². The minimum Gasteiger partial charge on any atom is -0.355 e. The number of hydrogen-bond acceptors (Lipinski definition) is 5. The maximum atomic E-state index is 11.4. The van der Waals surface area contributed by atoms with Crippen LogP contribution >= 0.6 is 11.8 Å². The number of thioether (sulfide) groups is 1. The van der Waals surface area contributed by atoms with Gasteiger partial charge in [0.25, 0.3) is 0 Å². The van der Waals surface area contributed by atoms with Gasteiger partial charge in [0.2, 0.25) is 5.91 Å². The van der Waals surface area contributed by atoms with Crippen LogP contribution in [0.15, 0.2) is 5.16 Å². The molecule has 0 saturated heterocycles. The zero-order chi connectivity index (χ0) is 12.7. The highest BCUT2D eigenvalue weighted by atomic mass is 32.2. The summed E-state index contributed by atoms with van der Waals surface area (Å²) in [6, 6.07) is 0. The number of nitrogens with one attached hydrogen (secondary N) is 1. The van der Waals surface area contributed by atoms with Crippen LogP contribution in [-0.2, 0) is 17.9 Å². The van der Waals surface area contributed by atoms with E-state index in [1.807, 2.05) is 18.4 Å². The molecule has 1 aromatic rings. The summed E-state index contributed by atoms with van der Waals surface area (Å²) in [6.07, 6.45) is 0.943. The lowest BCUT2D eigenvalue weighted by Gasteiger charge is -2.06. The normalized spacial score (nSPS) is 10.5. The third kappa shape index (κ3) is 4.01. The largest absolute Gasteiger partial charge is 0.355 e. The van der Waals surface area contributed by atoms with Gasteiger partial charge >= 0.3 is 0 Å². The van der Waals surface area contributed by atoms with Crippen molar-refractivity contribution in [3.63, 3.8) is 0 Å². The molecule has 1 aromatic heterocycles. The van der Waals surface area contributed by atoms with Crippen LogP contribution in [0.3, 0.4) is 0 Å². The molecule has 0 fully saturated rings. The van der Waals surface area contributed by atoms with Crippen LogP contribution in [0.1, 0.15) is 26.1 Å². The summed E-state index contributed by atoms with van der Waals surface area (Å²) in [5.74, 6) is 1.14. The first kappa shape index (κ1) is 14.0. The SMILES string of the molecule is CCCNC(=O)CSc1nnc(CN)n1CC. The fraction of sp³-hybridized carbons (Fsp3) is 0.700. The molecule has 0 atom stereocenters. The quantitative estimate of drug-likeness (QED) is 0.689. The summed E-state index contributed by atoms with van der Waals surface area (Å²) in [4.78, 5) is 11.4. The highest BCUT2D eigenvalue weighted by Gasteiger charge is 2.11. The number of carbonyl (C=O) groups is 1. The molecule has 0 saturated carbocycles. The summed E-state index contributed by atoms with van der Waals surface area (Å²) in [6.45, 7) is 5.87. The van der Waals surface area contributed by atoms with Crippen molar-refractivity contribution < 1.29 is 4.79 Å². The zero-order valence-corrected chi connectivity index (χ0v) is 11.1. The molecular formula is C10H19N5OS. The van der Waals surface area contributed by atoms with E-state index in [0.29, 0.717) is 18.8 Å². The molecule has 0 spiro atoms. The summed E-state index contributed by atoms with van der Waals surface area (Å²) < 4.78 is 1.93. The van der Waals surface area contributed by atoms with E-state index >= 15 is 0 Å². The van der Waals surface area contributed by atoms with Gasteiger partial charge in [-0.3, -0.25) is 4.79 Å². The highest BCUT2D eigenvalue weighted by molar-refractivity contribution is 7.99. The molecule has 7 heteroatoms. The van der Waals surface area contributed by atoms with Crippen molar-refractivity contribution in [1.29, 1.82) is 0 Å². The number of nitrogens with two attached hydrogens (primary N) is 1. The first-order valence-corrected chi connectivity index (χ1v) is 6.73. The van der Waals surface area contributed by atoms with Crippen molar-refractivity contribution in [3.8, 4) is 0 Å². The van der Waals surface area contributed by atoms with Crippen molar-refractivity contribution in [3.05, 3.63) is 5.82 Å². The molecule has 0 aromatic carbocycles. The van der Waals surface area contributed by atoms with E-state index in [2.05, 4.69) is 15.5 Å². The van der Waals surface area contributed by atoms with Gasteiger partial charge in [-0.1, -0.05) is 18.7 Å². The van der Waals surface area contributed by atoms with E-state index in [4.69, 9.17) is 5.73 Å². The van der Waals surface area contributed by atoms with Crippen LogP contribution in [-0.4, -0.2) is 33.0 Å². The van der Waals surface area contributed by atoms with Crippen LogP contribution in [0.5, 0.6) is 0 Å². The lowest BCUT2D eigenvalue weighted by Crippen LogP contribution is -2.25. The van der Waals surface area contributed by atoms with Gasteiger partial charge < -0.3 is 15.6 Å². The number of rotatable bonds is 7. The average molecular weight is 257 g/mol. The Kier molecular flexibility index (Phi) is 5.99. The van der Waals surface area contributed by atoms with E-state index < -0.39 is 0 Å². The Labute approximate surface area is 105 Å². The molecule has 0 aliphatic heterocycles. The summed E-state index contributed by atoms with van der Waals surface area (Å²) >= 11 is 1.39. The molecule has 0 unspecified atom stereocenters. The number of carbonyl (C=O) groups excluding carboxylic acids is 1. The van der Waals surface area contributed by atoms with Crippen molar-refractivity contribution in [2.75, 3.05) is 12.3 Å². The molecule has 0 aliphatic rings. The molecule has 1 amide bonds.